The lowest BCUT2D eigenvalue weighted by atomic mass is 10.3. The van der Waals surface area contributed by atoms with Crippen molar-refractivity contribution < 1.29 is 4.79 Å². The van der Waals surface area contributed by atoms with Crippen LogP contribution in [-0.2, 0) is 11.3 Å². The minimum Gasteiger partial charge on any atom is -0.324 e. The van der Waals surface area contributed by atoms with E-state index in [9.17, 15) is 9.59 Å². The fourth-order valence-corrected chi connectivity index (χ4v) is 3.26. The number of aromatic nitrogens is 5. The molecule has 23 heavy (non-hydrogen) atoms. The average molecular weight is 397 g/mol. The SMILES string of the molecule is CCn1cnnc1SCC(=O)Nc1cc2[nH]c(=O)[nH]c2cc1Br. The van der Waals surface area contributed by atoms with Crippen LogP contribution < -0.4 is 11.0 Å². The minimum absolute atomic E-state index is 0.168. The van der Waals surface area contributed by atoms with E-state index in [2.05, 4.69) is 41.4 Å². The molecule has 0 aliphatic carbocycles. The number of fused-ring (bicyclic) bond motifs is 1. The molecule has 0 bridgehead atoms. The molecule has 10 heteroatoms. The first-order valence-electron chi connectivity index (χ1n) is 6.79. The average Bonchev–Trinajstić information content (AvgIpc) is 3.10. The van der Waals surface area contributed by atoms with E-state index in [4.69, 9.17) is 0 Å². The molecule has 0 atom stereocenters. The van der Waals surface area contributed by atoms with Crippen molar-refractivity contribution in [3.8, 4) is 0 Å². The van der Waals surface area contributed by atoms with Gasteiger partial charge in [-0.05, 0) is 35.0 Å². The van der Waals surface area contributed by atoms with Gasteiger partial charge >= 0.3 is 5.69 Å². The van der Waals surface area contributed by atoms with Crippen LogP contribution in [0.1, 0.15) is 6.92 Å². The first-order chi connectivity index (χ1) is 11.1. The highest BCUT2D eigenvalue weighted by atomic mass is 79.9. The molecule has 0 fully saturated rings. The lowest BCUT2D eigenvalue weighted by Gasteiger charge is -2.07. The van der Waals surface area contributed by atoms with Gasteiger partial charge in [0.2, 0.25) is 5.91 Å². The summed E-state index contributed by atoms with van der Waals surface area (Å²) in [6, 6.07) is 3.44. The Labute approximate surface area is 143 Å². The molecular weight excluding hydrogens is 384 g/mol. The molecule has 2 aromatic heterocycles. The van der Waals surface area contributed by atoms with Crippen LogP contribution in [0.3, 0.4) is 0 Å². The number of carbonyl (C=O) groups excluding carboxylic acids is 1. The van der Waals surface area contributed by atoms with E-state index in [0.717, 1.165) is 6.54 Å². The van der Waals surface area contributed by atoms with Gasteiger partial charge in [0.15, 0.2) is 5.16 Å². The second-order valence-electron chi connectivity index (χ2n) is 4.69. The normalized spacial score (nSPS) is 11.0. The highest BCUT2D eigenvalue weighted by Crippen LogP contribution is 2.26. The van der Waals surface area contributed by atoms with Crippen molar-refractivity contribution in [1.29, 1.82) is 0 Å². The van der Waals surface area contributed by atoms with Gasteiger partial charge in [-0.3, -0.25) is 4.79 Å². The molecule has 0 saturated heterocycles. The minimum atomic E-state index is -0.287. The molecule has 0 radical (unpaired) electrons. The van der Waals surface area contributed by atoms with Crippen LogP contribution in [0.4, 0.5) is 5.69 Å². The predicted molar refractivity (Wildman–Crippen MR) is 91.7 cm³/mol. The number of aromatic amines is 2. The number of carbonyl (C=O) groups is 1. The van der Waals surface area contributed by atoms with Gasteiger partial charge in [0.1, 0.15) is 6.33 Å². The zero-order chi connectivity index (χ0) is 16.4. The quantitative estimate of drug-likeness (QED) is 0.571. The highest BCUT2D eigenvalue weighted by Gasteiger charge is 2.11. The molecule has 8 nitrogen and oxygen atoms in total. The Hall–Kier alpha value is -2.07. The molecule has 0 unspecified atom stereocenters. The highest BCUT2D eigenvalue weighted by molar-refractivity contribution is 9.10. The van der Waals surface area contributed by atoms with Crippen molar-refractivity contribution in [3.05, 3.63) is 33.4 Å². The van der Waals surface area contributed by atoms with E-state index in [-0.39, 0.29) is 17.3 Å². The van der Waals surface area contributed by atoms with Crippen molar-refractivity contribution in [3.63, 3.8) is 0 Å². The van der Waals surface area contributed by atoms with E-state index in [1.54, 1.807) is 18.5 Å². The number of halogens is 1. The summed E-state index contributed by atoms with van der Waals surface area (Å²) >= 11 is 4.70. The van der Waals surface area contributed by atoms with Gasteiger partial charge in [-0.15, -0.1) is 10.2 Å². The number of H-pyrrole nitrogens is 2. The third-order valence-corrected chi connectivity index (χ3v) is 4.77. The molecule has 0 saturated carbocycles. The number of rotatable bonds is 5. The zero-order valence-electron chi connectivity index (χ0n) is 12.1. The number of amides is 1. The van der Waals surface area contributed by atoms with Gasteiger partial charge in [-0.25, -0.2) is 4.79 Å². The predicted octanol–water partition coefficient (Wildman–Crippen LogP) is 1.96. The molecule has 3 N–H and O–H groups in total. The van der Waals surface area contributed by atoms with Crippen molar-refractivity contribution in [2.24, 2.45) is 0 Å². The van der Waals surface area contributed by atoms with Crippen LogP contribution in [0.15, 0.2) is 32.9 Å². The van der Waals surface area contributed by atoms with E-state index in [0.29, 0.717) is 26.3 Å². The van der Waals surface area contributed by atoms with Crippen molar-refractivity contribution in [2.75, 3.05) is 11.1 Å². The van der Waals surface area contributed by atoms with E-state index in [1.807, 2.05) is 11.5 Å². The Morgan fingerprint density at radius 1 is 1.39 bits per heavy atom. The summed E-state index contributed by atoms with van der Waals surface area (Å²) in [7, 11) is 0. The van der Waals surface area contributed by atoms with E-state index >= 15 is 0 Å². The number of nitrogens with one attached hydrogen (secondary N) is 3. The fraction of sp³-hybridized carbons (Fsp3) is 0.231. The molecule has 0 aliphatic heterocycles. The Balaban J connectivity index is 1.70. The van der Waals surface area contributed by atoms with Gasteiger partial charge in [0.25, 0.3) is 0 Å². The molecule has 3 rings (SSSR count). The van der Waals surface area contributed by atoms with Crippen molar-refractivity contribution in [2.45, 2.75) is 18.6 Å². The van der Waals surface area contributed by atoms with Gasteiger partial charge in [-0.2, -0.15) is 0 Å². The number of nitrogens with zero attached hydrogens (tertiary/aromatic N) is 3. The molecule has 0 aliphatic rings. The summed E-state index contributed by atoms with van der Waals surface area (Å²) in [5.74, 6) is 0.0471. The number of aryl methyl sites for hydroxylation is 1. The van der Waals surface area contributed by atoms with E-state index in [1.165, 1.54) is 11.8 Å². The summed E-state index contributed by atoms with van der Waals surface area (Å²) in [5, 5.41) is 11.3. The Bertz CT molecular complexity index is 915. The summed E-state index contributed by atoms with van der Waals surface area (Å²) in [6.45, 7) is 2.73. The third-order valence-electron chi connectivity index (χ3n) is 3.13. The van der Waals surface area contributed by atoms with Crippen molar-refractivity contribution in [1.82, 2.24) is 24.7 Å². The van der Waals surface area contributed by atoms with E-state index < -0.39 is 0 Å². The van der Waals surface area contributed by atoms with Crippen molar-refractivity contribution >= 4 is 50.3 Å². The van der Waals surface area contributed by atoms with Crippen LogP contribution >= 0.6 is 27.7 Å². The maximum atomic E-state index is 12.1. The Kier molecular flexibility index (Phi) is 4.53. The Morgan fingerprint density at radius 3 is 2.87 bits per heavy atom. The number of thioether (sulfide) groups is 1. The topological polar surface area (TPSA) is 108 Å². The first-order valence-corrected chi connectivity index (χ1v) is 8.56. The van der Waals surface area contributed by atoms with Gasteiger partial charge in [0, 0.05) is 11.0 Å². The second-order valence-corrected chi connectivity index (χ2v) is 6.49. The first kappa shape index (κ1) is 15.8. The number of benzene rings is 1. The third kappa shape index (κ3) is 3.48. The molecule has 1 aromatic carbocycles. The summed E-state index contributed by atoms with van der Waals surface area (Å²) in [6.07, 6.45) is 1.63. The van der Waals surface area contributed by atoms with Crippen LogP contribution in [-0.4, -0.2) is 36.4 Å². The van der Waals surface area contributed by atoms with Crippen LogP contribution in [0.25, 0.3) is 11.0 Å². The smallest absolute Gasteiger partial charge is 0.323 e. The monoisotopic (exact) mass is 396 g/mol. The number of imidazole rings is 1. The maximum Gasteiger partial charge on any atom is 0.323 e. The van der Waals surface area contributed by atoms with Crippen LogP contribution in [0.2, 0.25) is 0 Å². The standard InChI is InChI=1S/C13H13BrN6O2S/c1-2-20-6-15-19-13(20)23-5-11(21)16-8-4-10-9(3-7(8)14)17-12(22)18-10/h3-4,6H,2,5H2,1H3,(H,16,21)(H2,17,18,22). The lowest BCUT2D eigenvalue weighted by Crippen LogP contribution is -2.15. The molecule has 1 amide bonds. The second kappa shape index (κ2) is 6.59. The van der Waals surface area contributed by atoms with Gasteiger partial charge < -0.3 is 19.9 Å². The number of anilines is 1. The molecule has 120 valence electrons. The van der Waals surface area contributed by atoms with Crippen LogP contribution in [0, 0.1) is 0 Å². The number of hydrogen-bond acceptors (Lipinski definition) is 5. The van der Waals surface area contributed by atoms with Gasteiger partial charge in [-0.1, -0.05) is 11.8 Å². The lowest BCUT2D eigenvalue weighted by molar-refractivity contribution is -0.113. The van der Waals surface area contributed by atoms with Gasteiger partial charge in [0.05, 0.1) is 22.5 Å². The van der Waals surface area contributed by atoms with Crippen LogP contribution in [0.5, 0.6) is 0 Å². The maximum absolute atomic E-state index is 12.1. The summed E-state index contributed by atoms with van der Waals surface area (Å²) in [4.78, 5) is 28.7. The molecule has 3 aromatic rings. The zero-order valence-corrected chi connectivity index (χ0v) is 14.5. The summed E-state index contributed by atoms with van der Waals surface area (Å²) < 4.78 is 2.56. The largest absolute Gasteiger partial charge is 0.324 e. The number of hydrogen-bond donors (Lipinski definition) is 3. The molecule has 0 spiro atoms. The summed E-state index contributed by atoms with van der Waals surface area (Å²) in [5.41, 5.74) is 1.61. The molecule has 2 heterocycles. The fourth-order valence-electron chi connectivity index (χ4n) is 2.04. The molecular formula is C13H13BrN6O2S. The Morgan fingerprint density at radius 2 is 2.13 bits per heavy atom.